The molecule has 24 heavy (non-hydrogen) atoms. The first-order chi connectivity index (χ1) is 11.4. The van der Waals surface area contributed by atoms with Crippen LogP contribution in [0.1, 0.15) is 0 Å². The molecule has 0 aliphatic rings. The molecule has 0 bridgehead atoms. The van der Waals surface area contributed by atoms with Gasteiger partial charge in [0, 0.05) is 23.1 Å². The van der Waals surface area contributed by atoms with Gasteiger partial charge in [-0.3, -0.25) is 15.4 Å². The summed E-state index contributed by atoms with van der Waals surface area (Å²) in [6, 6.07) is 9.82. The minimum absolute atomic E-state index is 0.0946. The van der Waals surface area contributed by atoms with Gasteiger partial charge < -0.3 is 4.90 Å². The second-order valence-electron chi connectivity index (χ2n) is 5.08. The summed E-state index contributed by atoms with van der Waals surface area (Å²) in [4.78, 5) is 6.04. The van der Waals surface area contributed by atoms with E-state index in [0.29, 0.717) is 26.5 Å². The van der Waals surface area contributed by atoms with E-state index >= 15 is 0 Å². The van der Waals surface area contributed by atoms with Crippen LogP contribution in [0.15, 0.2) is 40.9 Å². The minimum atomic E-state index is -0.354. The summed E-state index contributed by atoms with van der Waals surface area (Å²) >= 11 is 9.23. The van der Waals surface area contributed by atoms with E-state index in [0.717, 1.165) is 11.7 Å². The van der Waals surface area contributed by atoms with Crippen LogP contribution in [0.25, 0.3) is 10.9 Å². The lowest BCUT2D eigenvalue weighted by Gasteiger charge is -2.21. The summed E-state index contributed by atoms with van der Waals surface area (Å²) in [7, 11) is 1.78. The molecule has 2 N–H and O–H groups in total. The zero-order valence-corrected chi connectivity index (χ0v) is 14.9. The van der Waals surface area contributed by atoms with Gasteiger partial charge >= 0.3 is 0 Å². The smallest absolute Gasteiger partial charge is 0.229 e. The number of benzene rings is 2. The summed E-state index contributed by atoms with van der Waals surface area (Å²) in [5.74, 6) is 0.163. The van der Waals surface area contributed by atoms with Gasteiger partial charge in [-0.05, 0) is 52.3 Å². The normalized spacial score (nSPS) is 10.8. The Labute approximate surface area is 150 Å². The van der Waals surface area contributed by atoms with Crippen molar-refractivity contribution in [1.82, 2.24) is 9.55 Å². The van der Waals surface area contributed by atoms with Crippen molar-refractivity contribution >= 4 is 56.3 Å². The lowest BCUT2D eigenvalue weighted by Crippen LogP contribution is -2.26. The van der Waals surface area contributed by atoms with Crippen LogP contribution in [-0.4, -0.2) is 22.9 Å². The monoisotopic (exact) mass is 407 g/mol. The highest BCUT2D eigenvalue weighted by Gasteiger charge is 2.14. The van der Waals surface area contributed by atoms with Gasteiger partial charge in [0.1, 0.15) is 11.6 Å². The Bertz CT molecular complexity index is 1020. The van der Waals surface area contributed by atoms with Gasteiger partial charge in [0.15, 0.2) is 0 Å². The molecule has 1 heterocycles. The van der Waals surface area contributed by atoms with Gasteiger partial charge in [0.2, 0.25) is 5.62 Å². The Hall–Kier alpha value is -2.25. The number of nitrogens with zero attached hydrogens (tertiary/aromatic N) is 3. The second kappa shape index (κ2) is 6.33. The lowest BCUT2D eigenvalue weighted by atomic mass is 10.2. The van der Waals surface area contributed by atoms with Crippen LogP contribution in [0.3, 0.4) is 0 Å². The van der Waals surface area contributed by atoms with Crippen molar-refractivity contribution in [1.29, 1.82) is 10.8 Å². The first-order valence-electron chi connectivity index (χ1n) is 6.88. The second-order valence-corrected chi connectivity index (χ2v) is 6.37. The molecule has 1 aromatic heterocycles. The van der Waals surface area contributed by atoms with Gasteiger partial charge in [0.25, 0.3) is 0 Å². The molecule has 8 heteroatoms. The Morgan fingerprint density at radius 2 is 2.04 bits per heavy atom. The van der Waals surface area contributed by atoms with Crippen molar-refractivity contribution in [3.05, 3.63) is 57.3 Å². The summed E-state index contributed by atoms with van der Waals surface area (Å²) < 4.78 is 15.1. The van der Waals surface area contributed by atoms with Crippen LogP contribution in [0.5, 0.6) is 0 Å². The molecule has 0 atom stereocenters. The Balaban J connectivity index is 2.27. The SMILES string of the molecule is CN(c1ccc(F)c(Br)c1)c1nc(=N)n(C=N)c2cc(Cl)ccc12. The Morgan fingerprint density at radius 3 is 2.71 bits per heavy atom. The van der Waals surface area contributed by atoms with Crippen molar-refractivity contribution in [2.45, 2.75) is 0 Å². The van der Waals surface area contributed by atoms with Crippen LogP contribution >= 0.6 is 27.5 Å². The van der Waals surface area contributed by atoms with Crippen LogP contribution in [-0.2, 0) is 0 Å². The largest absolute Gasteiger partial charge is 0.329 e. The van der Waals surface area contributed by atoms with E-state index in [1.807, 2.05) is 0 Å². The van der Waals surface area contributed by atoms with Crippen LogP contribution in [0, 0.1) is 16.6 Å². The number of fused-ring (bicyclic) bond motifs is 1. The molecule has 0 radical (unpaired) electrons. The highest BCUT2D eigenvalue weighted by atomic mass is 79.9. The molecule has 0 spiro atoms. The van der Waals surface area contributed by atoms with E-state index in [-0.39, 0.29) is 11.4 Å². The Kier molecular flexibility index (Phi) is 4.38. The number of halogens is 3. The standard InChI is InChI=1S/C16H12BrClFN5/c1-23(10-3-5-13(19)12(17)7-10)15-11-4-2-9(18)6-14(11)24(8-20)16(21)22-15/h2-8,20-21H,1H3. The number of hydrogen-bond donors (Lipinski definition) is 2. The molecule has 0 saturated heterocycles. The maximum atomic E-state index is 13.5. The third-order valence-corrected chi connectivity index (χ3v) is 4.48. The number of aromatic nitrogens is 2. The molecule has 0 fully saturated rings. The molecular formula is C16H12BrClFN5. The van der Waals surface area contributed by atoms with Gasteiger partial charge in [-0.1, -0.05) is 11.6 Å². The molecule has 122 valence electrons. The zero-order valence-electron chi connectivity index (χ0n) is 12.5. The van der Waals surface area contributed by atoms with E-state index in [1.165, 1.54) is 10.6 Å². The molecule has 5 nitrogen and oxygen atoms in total. The molecule has 0 unspecified atom stereocenters. The highest BCUT2D eigenvalue weighted by molar-refractivity contribution is 9.10. The van der Waals surface area contributed by atoms with Crippen molar-refractivity contribution in [2.75, 3.05) is 11.9 Å². The van der Waals surface area contributed by atoms with Crippen molar-refractivity contribution in [2.24, 2.45) is 0 Å². The predicted molar refractivity (Wildman–Crippen MR) is 96.9 cm³/mol. The van der Waals surface area contributed by atoms with Gasteiger partial charge in [-0.25, -0.2) is 4.39 Å². The molecule has 0 saturated carbocycles. The summed E-state index contributed by atoms with van der Waals surface area (Å²) in [5, 5.41) is 16.8. The average molecular weight is 409 g/mol. The van der Waals surface area contributed by atoms with Crippen LogP contribution in [0.2, 0.25) is 5.02 Å². The van der Waals surface area contributed by atoms with Crippen LogP contribution < -0.4 is 10.5 Å². The van der Waals surface area contributed by atoms with E-state index < -0.39 is 0 Å². The summed E-state index contributed by atoms with van der Waals surface area (Å²) in [5.41, 5.74) is 1.21. The summed E-state index contributed by atoms with van der Waals surface area (Å²) in [6.45, 7) is 0. The zero-order chi connectivity index (χ0) is 17.4. The Morgan fingerprint density at radius 1 is 1.29 bits per heavy atom. The predicted octanol–water partition coefficient (Wildman–Crippen LogP) is 4.29. The van der Waals surface area contributed by atoms with Crippen LogP contribution in [0.4, 0.5) is 15.9 Å². The van der Waals surface area contributed by atoms with Crippen molar-refractivity contribution < 1.29 is 4.39 Å². The molecule has 0 aliphatic carbocycles. The van der Waals surface area contributed by atoms with E-state index in [9.17, 15) is 4.39 Å². The fourth-order valence-corrected chi connectivity index (χ4v) is 2.96. The van der Waals surface area contributed by atoms with Gasteiger partial charge in [0.05, 0.1) is 16.3 Å². The molecular weight excluding hydrogens is 397 g/mol. The number of nitrogens with one attached hydrogen (secondary N) is 2. The maximum Gasteiger partial charge on any atom is 0.229 e. The first kappa shape index (κ1) is 16.6. The number of anilines is 2. The van der Waals surface area contributed by atoms with E-state index in [1.54, 1.807) is 42.3 Å². The lowest BCUT2D eigenvalue weighted by molar-refractivity contribution is 0.621. The first-order valence-corrected chi connectivity index (χ1v) is 8.05. The molecule has 0 aliphatic heterocycles. The number of rotatable bonds is 3. The van der Waals surface area contributed by atoms with E-state index in [4.69, 9.17) is 22.4 Å². The highest BCUT2D eigenvalue weighted by Crippen LogP contribution is 2.31. The van der Waals surface area contributed by atoms with E-state index in [2.05, 4.69) is 20.9 Å². The minimum Gasteiger partial charge on any atom is -0.329 e. The molecule has 0 amide bonds. The third-order valence-electron chi connectivity index (χ3n) is 3.64. The summed E-state index contributed by atoms with van der Waals surface area (Å²) in [6.07, 6.45) is 1.02. The van der Waals surface area contributed by atoms with Crippen molar-refractivity contribution in [3.63, 3.8) is 0 Å². The fourth-order valence-electron chi connectivity index (χ4n) is 2.42. The third kappa shape index (κ3) is 2.81. The average Bonchev–Trinajstić information content (AvgIpc) is 2.56. The van der Waals surface area contributed by atoms with Gasteiger partial charge in [-0.2, -0.15) is 4.98 Å². The van der Waals surface area contributed by atoms with Crippen molar-refractivity contribution in [3.8, 4) is 0 Å². The quantitative estimate of drug-likeness (QED) is 0.501. The molecule has 3 aromatic rings. The molecule has 3 rings (SSSR count). The van der Waals surface area contributed by atoms with Gasteiger partial charge in [-0.15, -0.1) is 0 Å². The molecule has 2 aromatic carbocycles. The topological polar surface area (TPSA) is 68.8 Å². The maximum absolute atomic E-state index is 13.5. The fraction of sp³-hybridized carbons (Fsp3) is 0.0625. The number of hydrogen-bond acceptors (Lipinski definition) is 4.